The van der Waals surface area contributed by atoms with Crippen LogP contribution in [0.4, 0.5) is 0 Å². The minimum absolute atomic E-state index is 0.0230. The second kappa shape index (κ2) is 7.31. The summed E-state index contributed by atoms with van der Waals surface area (Å²) in [5.41, 5.74) is 0.478. The van der Waals surface area contributed by atoms with Crippen molar-refractivity contribution in [3.63, 3.8) is 0 Å². The zero-order chi connectivity index (χ0) is 15.2. The second-order valence-electron chi connectivity index (χ2n) is 4.06. The van der Waals surface area contributed by atoms with Gasteiger partial charge < -0.3 is 23.4 Å². The van der Waals surface area contributed by atoms with Gasteiger partial charge in [0.1, 0.15) is 5.58 Å². The third kappa shape index (κ3) is 3.66. The Balaban J connectivity index is 2.24. The van der Waals surface area contributed by atoms with E-state index in [0.29, 0.717) is 29.2 Å². The van der Waals surface area contributed by atoms with E-state index in [1.165, 1.54) is 7.11 Å². The summed E-state index contributed by atoms with van der Waals surface area (Å²) in [6.07, 6.45) is 0. The normalized spacial score (nSPS) is 10.8. The standard InChI is InChI=1S/C14H15ClO6/c1-17-5-6-19-8-20-12-10-7-9(15)3-4-11(10)21-13(12)14(16)18-2/h3-4,7H,5-6,8H2,1-2H3. The largest absolute Gasteiger partial charge is 0.463 e. The molecule has 2 rings (SSSR count). The molecule has 0 amide bonds. The first-order chi connectivity index (χ1) is 10.2. The summed E-state index contributed by atoms with van der Waals surface area (Å²) in [6.45, 7) is 0.778. The van der Waals surface area contributed by atoms with Gasteiger partial charge in [-0.25, -0.2) is 4.79 Å². The van der Waals surface area contributed by atoms with Gasteiger partial charge in [0.05, 0.1) is 25.7 Å². The van der Waals surface area contributed by atoms with Crippen LogP contribution >= 0.6 is 11.6 Å². The first-order valence-corrected chi connectivity index (χ1v) is 6.55. The number of hydrogen-bond acceptors (Lipinski definition) is 6. The number of furan rings is 1. The van der Waals surface area contributed by atoms with Gasteiger partial charge in [-0.2, -0.15) is 0 Å². The van der Waals surface area contributed by atoms with Crippen molar-refractivity contribution in [2.24, 2.45) is 0 Å². The number of esters is 1. The van der Waals surface area contributed by atoms with Crippen LogP contribution in [0.25, 0.3) is 11.0 Å². The zero-order valence-electron chi connectivity index (χ0n) is 11.7. The molecule has 2 aromatic rings. The molecular weight excluding hydrogens is 300 g/mol. The maximum absolute atomic E-state index is 11.7. The number of carbonyl (C=O) groups excluding carboxylic acids is 1. The van der Waals surface area contributed by atoms with Crippen molar-refractivity contribution >= 4 is 28.5 Å². The maximum atomic E-state index is 11.7. The number of fused-ring (bicyclic) bond motifs is 1. The fourth-order valence-corrected chi connectivity index (χ4v) is 1.89. The van der Waals surface area contributed by atoms with E-state index in [1.807, 2.05) is 0 Å². The molecule has 0 atom stereocenters. The smallest absolute Gasteiger partial charge is 0.377 e. The lowest BCUT2D eigenvalue weighted by Gasteiger charge is -2.06. The van der Waals surface area contributed by atoms with Crippen molar-refractivity contribution in [1.29, 1.82) is 0 Å². The Morgan fingerprint density at radius 2 is 2.10 bits per heavy atom. The fourth-order valence-electron chi connectivity index (χ4n) is 1.72. The summed E-state index contributed by atoms with van der Waals surface area (Å²) in [5, 5.41) is 1.09. The highest BCUT2D eigenvalue weighted by molar-refractivity contribution is 6.31. The Morgan fingerprint density at radius 3 is 2.81 bits per heavy atom. The van der Waals surface area contributed by atoms with Crippen molar-refractivity contribution in [2.45, 2.75) is 0 Å². The van der Waals surface area contributed by atoms with Crippen molar-refractivity contribution in [3.8, 4) is 5.75 Å². The molecule has 0 radical (unpaired) electrons. The van der Waals surface area contributed by atoms with Crippen molar-refractivity contribution < 1.29 is 28.2 Å². The van der Waals surface area contributed by atoms with Crippen LogP contribution in [0.5, 0.6) is 5.75 Å². The summed E-state index contributed by atoms with van der Waals surface area (Å²) in [4.78, 5) is 11.7. The van der Waals surface area contributed by atoms with Gasteiger partial charge in [0.25, 0.3) is 5.76 Å². The van der Waals surface area contributed by atoms with E-state index in [1.54, 1.807) is 25.3 Å². The number of halogens is 1. The van der Waals surface area contributed by atoms with Crippen molar-refractivity contribution in [3.05, 3.63) is 29.0 Å². The van der Waals surface area contributed by atoms with Gasteiger partial charge >= 0.3 is 5.97 Å². The molecule has 21 heavy (non-hydrogen) atoms. The Hall–Kier alpha value is -1.76. The van der Waals surface area contributed by atoms with Crippen LogP contribution in [-0.2, 0) is 14.2 Å². The average Bonchev–Trinajstić information content (AvgIpc) is 2.84. The molecule has 0 bridgehead atoms. The third-order valence-electron chi connectivity index (χ3n) is 2.69. The Labute approximate surface area is 126 Å². The van der Waals surface area contributed by atoms with E-state index in [2.05, 4.69) is 4.74 Å². The average molecular weight is 315 g/mol. The van der Waals surface area contributed by atoms with E-state index in [4.69, 9.17) is 30.2 Å². The summed E-state index contributed by atoms with van der Waals surface area (Å²) in [5.74, 6) is -0.406. The van der Waals surface area contributed by atoms with E-state index in [-0.39, 0.29) is 18.3 Å². The van der Waals surface area contributed by atoms with Crippen LogP contribution in [0.3, 0.4) is 0 Å². The van der Waals surface area contributed by atoms with E-state index < -0.39 is 5.97 Å². The van der Waals surface area contributed by atoms with Crippen molar-refractivity contribution in [2.75, 3.05) is 34.2 Å². The molecule has 0 spiro atoms. The van der Waals surface area contributed by atoms with Crippen LogP contribution in [0.2, 0.25) is 5.02 Å². The molecule has 6 nitrogen and oxygen atoms in total. The zero-order valence-corrected chi connectivity index (χ0v) is 12.4. The predicted octanol–water partition coefficient (Wildman–Crippen LogP) is 2.87. The maximum Gasteiger partial charge on any atom is 0.377 e. The van der Waals surface area contributed by atoms with Crippen LogP contribution in [0.1, 0.15) is 10.6 Å². The van der Waals surface area contributed by atoms with Crippen LogP contribution in [-0.4, -0.2) is 40.2 Å². The molecule has 0 aliphatic rings. The Morgan fingerprint density at radius 1 is 1.29 bits per heavy atom. The molecular formula is C14H15ClO6. The van der Waals surface area contributed by atoms with Gasteiger partial charge in [0.15, 0.2) is 12.5 Å². The van der Waals surface area contributed by atoms with E-state index >= 15 is 0 Å². The number of hydrogen-bond donors (Lipinski definition) is 0. The molecule has 0 fully saturated rings. The summed E-state index contributed by atoms with van der Waals surface area (Å²) < 4.78 is 25.7. The van der Waals surface area contributed by atoms with Gasteiger partial charge in [0.2, 0.25) is 0 Å². The number of methoxy groups -OCH3 is 2. The predicted molar refractivity (Wildman–Crippen MR) is 75.9 cm³/mol. The fraction of sp³-hybridized carbons (Fsp3) is 0.357. The molecule has 7 heteroatoms. The van der Waals surface area contributed by atoms with E-state index in [0.717, 1.165) is 0 Å². The summed E-state index contributed by atoms with van der Waals surface area (Å²) in [6, 6.07) is 4.97. The first kappa shape index (κ1) is 15.6. The number of carbonyl (C=O) groups is 1. The minimum Gasteiger partial charge on any atom is -0.463 e. The molecule has 1 aromatic heterocycles. The SMILES string of the molecule is COCCOCOc1c(C(=O)OC)oc2ccc(Cl)cc12. The molecule has 0 unspecified atom stereocenters. The topological polar surface area (TPSA) is 67.1 Å². The van der Waals surface area contributed by atoms with Gasteiger partial charge in [-0.1, -0.05) is 11.6 Å². The molecule has 1 heterocycles. The molecule has 0 N–H and O–H groups in total. The first-order valence-electron chi connectivity index (χ1n) is 6.17. The molecule has 0 aliphatic carbocycles. The van der Waals surface area contributed by atoms with Crippen LogP contribution in [0.15, 0.2) is 22.6 Å². The monoisotopic (exact) mass is 314 g/mol. The third-order valence-corrected chi connectivity index (χ3v) is 2.93. The molecule has 1 aromatic carbocycles. The summed E-state index contributed by atoms with van der Waals surface area (Å²) >= 11 is 5.95. The quantitative estimate of drug-likeness (QED) is 0.445. The van der Waals surface area contributed by atoms with Gasteiger partial charge in [-0.3, -0.25) is 0 Å². The molecule has 0 saturated carbocycles. The Kier molecular flexibility index (Phi) is 5.44. The number of rotatable bonds is 7. The van der Waals surface area contributed by atoms with Crippen LogP contribution < -0.4 is 4.74 Å². The van der Waals surface area contributed by atoms with Crippen molar-refractivity contribution in [1.82, 2.24) is 0 Å². The summed E-state index contributed by atoms with van der Waals surface area (Å²) in [7, 11) is 2.84. The highest BCUT2D eigenvalue weighted by Gasteiger charge is 2.23. The van der Waals surface area contributed by atoms with Gasteiger partial charge in [-0.15, -0.1) is 0 Å². The van der Waals surface area contributed by atoms with Gasteiger partial charge in [0, 0.05) is 12.1 Å². The number of ether oxygens (including phenoxy) is 4. The molecule has 0 saturated heterocycles. The number of benzene rings is 1. The van der Waals surface area contributed by atoms with Gasteiger partial charge in [-0.05, 0) is 18.2 Å². The molecule has 0 aliphatic heterocycles. The lowest BCUT2D eigenvalue weighted by Crippen LogP contribution is -2.09. The van der Waals surface area contributed by atoms with Crippen LogP contribution in [0, 0.1) is 0 Å². The lowest BCUT2D eigenvalue weighted by molar-refractivity contribution is -0.00897. The Bertz CT molecular complexity index is 621. The molecule has 114 valence electrons. The second-order valence-corrected chi connectivity index (χ2v) is 4.49. The lowest BCUT2D eigenvalue weighted by atomic mass is 10.2. The highest BCUT2D eigenvalue weighted by atomic mass is 35.5. The minimum atomic E-state index is -0.630. The van der Waals surface area contributed by atoms with E-state index in [9.17, 15) is 4.79 Å². The highest BCUT2D eigenvalue weighted by Crippen LogP contribution is 2.35.